The van der Waals surface area contributed by atoms with E-state index in [2.05, 4.69) is 30.4 Å². The van der Waals surface area contributed by atoms with E-state index >= 15 is 0 Å². The zero-order chi connectivity index (χ0) is 13.1. The van der Waals surface area contributed by atoms with Gasteiger partial charge in [0.25, 0.3) is 0 Å². The number of rotatable bonds is 3. The fraction of sp³-hybridized carbons (Fsp3) is 0.533. The second kappa shape index (κ2) is 5.53. The SMILES string of the molecule is Cc1ccc(C)c(N(C)C(=O)CC2CCCN2)c1. The smallest absolute Gasteiger partial charge is 0.228 e. The van der Waals surface area contributed by atoms with Crippen molar-refractivity contribution in [2.24, 2.45) is 0 Å². The molecule has 98 valence electrons. The first kappa shape index (κ1) is 13.1. The zero-order valence-electron chi connectivity index (χ0n) is 11.5. The van der Waals surface area contributed by atoms with Gasteiger partial charge < -0.3 is 10.2 Å². The van der Waals surface area contributed by atoms with Gasteiger partial charge in [-0.25, -0.2) is 0 Å². The summed E-state index contributed by atoms with van der Waals surface area (Å²) in [5.74, 6) is 0.197. The molecule has 1 fully saturated rings. The van der Waals surface area contributed by atoms with Crippen molar-refractivity contribution < 1.29 is 4.79 Å². The maximum absolute atomic E-state index is 12.2. The predicted molar refractivity (Wildman–Crippen MR) is 75.0 cm³/mol. The van der Waals surface area contributed by atoms with Gasteiger partial charge >= 0.3 is 0 Å². The molecule has 0 spiro atoms. The summed E-state index contributed by atoms with van der Waals surface area (Å²) in [7, 11) is 1.87. The van der Waals surface area contributed by atoms with Gasteiger partial charge in [0, 0.05) is 25.2 Å². The van der Waals surface area contributed by atoms with Crippen LogP contribution in [-0.4, -0.2) is 25.5 Å². The monoisotopic (exact) mass is 246 g/mol. The fourth-order valence-electron chi connectivity index (χ4n) is 2.49. The Kier molecular flexibility index (Phi) is 4.02. The molecule has 1 atom stereocenters. The quantitative estimate of drug-likeness (QED) is 0.888. The number of hydrogen-bond acceptors (Lipinski definition) is 2. The number of nitrogens with one attached hydrogen (secondary N) is 1. The highest BCUT2D eigenvalue weighted by atomic mass is 16.2. The summed E-state index contributed by atoms with van der Waals surface area (Å²) in [5.41, 5.74) is 3.36. The topological polar surface area (TPSA) is 32.3 Å². The third kappa shape index (κ3) is 2.91. The molecular formula is C15H22N2O. The highest BCUT2D eigenvalue weighted by Crippen LogP contribution is 2.22. The molecule has 0 bridgehead atoms. The first-order chi connectivity index (χ1) is 8.58. The standard InChI is InChI=1S/C15H22N2O/c1-11-6-7-12(2)14(9-11)17(3)15(18)10-13-5-4-8-16-13/h6-7,9,13,16H,4-5,8,10H2,1-3H3. The number of aryl methyl sites for hydroxylation is 2. The van der Waals surface area contributed by atoms with Crippen LogP contribution in [0.25, 0.3) is 0 Å². The molecule has 1 aromatic carbocycles. The van der Waals surface area contributed by atoms with Crippen LogP contribution < -0.4 is 10.2 Å². The fourth-order valence-corrected chi connectivity index (χ4v) is 2.49. The average Bonchev–Trinajstić information content (AvgIpc) is 2.84. The molecule has 1 N–H and O–H groups in total. The zero-order valence-corrected chi connectivity index (χ0v) is 11.5. The minimum Gasteiger partial charge on any atom is -0.315 e. The first-order valence-electron chi connectivity index (χ1n) is 6.65. The van der Waals surface area contributed by atoms with E-state index < -0.39 is 0 Å². The highest BCUT2D eigenvalue weighted by molar-refractivity contribution is 5.94. The Labute approximate surface area is 109 Å². The Balaban J connectivity index is 2.07. The van der Waals surface area contributed by atoms with Crippen LogP contribution in [0.3, 0.4) is 0 Å². The van der Waals surface area contributed by atoms with Crippen LogP contribution in [0.4, 0.5) is 5.69 Å². The summed E-state index contributed by atoms with van der Waals surface area (Å²) in [6, 6.07) is 6.60. The lowest BCUT2D eigenvalue weighted by molar-refractivity contribution is -0.118. The van der Waals surface area contributed by atoms with Crippen LogP contribution in [0.15, 0.2) is 18.2 Å². The van der Waals surface area contributed by atoms with Gasteiger partial charge in [0.15, 0.2) is 0 Å². The highest BCUT2D eigenvalue weighted by Gasteiger charge is 2.21. The van der Waals surface area contributed by atoms with Crippen molar-refractivity contribution in [2.75, 3.05) is 18.5 Å². The van der Waals surface area contributed by atoms with E-state index in [1.165, 1.54) is 12.0 Å². The third-order valence-electron chi connectivity index (χ3n) is 3.68. The van der Waals surface area contributed by atoms with Gasteiger partial charge in [-0.3, -0.25) is 4.79 Å². The number of carbonyl (C=O) groups excluding carboxylic acids is 1. The third-order valence-corrected chi connectivity index (χ3v) is 3.68. The van der Waals surface area contributed by atoms with Crippen molar-refractivity contribution in [2.45, 2.75) is 39.2 Å². The number of carbonyl (C=O) groups is 1. The molecule has 1 saturated heterocycles. The van der Waals surface area contributed by atoms with Crippen molar-refractivity contribution >= 4 is 11.6 Å². The first-order valence-corrected chi connectivity index (χ1v) is 6.65. The number of amides is 1. The Hall–Kier alpha value is -1.35. The normalized spacial score (nSPS) is 18.9. The van der Waals surface area contributed by atoms with Gasteiger partial charge in [-0.2, -0.15) is 0 Å². The van der Waals surface area contributed by atoms with Crippen LogP contribution in [0.1, 0.15) is 30.4 Å². The average molecular weight is 246 g/mol. The molecule has 1 aliphatic heterocycles. The van der Waals surface area contributed by atoms with Crippen LogP contribution in [0.5, 0.6) is 0 Å². The summed E-state index contributed by atoms with van der Waals surface area (Å²) in [5, 5.41) is 3.37. The number of benzene rings is 1. The second-order valence-corrected chi connectivity index (χ2v) is 5.24. The van der Waals surface area contributed by atoms with E-state index in [-0.39, 0.29) is 5.91 Å². The molecule has 1 amide bonds. The molecule has 2 rings (SSSR count). The van der Waals surface area contributed by atoms with E-state index in [1.54, 1.807) is 4.90 Å². The molecule has 3 nitrogen and oxygen atoms in total. The minimum absolute atomic E-state index is 0.197. The van der Waals surface area contributed by atoms with Crippen LogP contribution >= 0.6 is 0 Å². The lowest BCUT2D eigenvalue weighted by Gasteiger charge is -2.22. The van der Waals surface area contributed by atoms with Gasteiger partial charge in [-0.15, -0.1) is 0 Å². The Morgan fingerprint density at radius 1 is 1.44 bits per heavy atom. The lowest BCUT2D eigenvalue weighted by atomic mass is 10.1. The largest absolute Gasteiger partial charge is 0.315 e. The number of hydrogen-bond donors (Lipinski definition) is 1. The van der Waals surface area contributed by atoms with Gasteiger partial charge in [0.05, 0.1) is 0 Å². The molecule has 0 saturated carbocycles. The van der Waals surface area contributed by atoms with Crippen molar-refractivity contribution in [1.82, 2.24) is 5.32 Å². The molecule has 1 heterocycles. The van der Waals surface area contributed by atoms with Crippen LogP contribution in [0, 0.1) is 13.8 Å². The van der Waals surface area contributed by atoms with Crippen molar-refractivity contribution in [1.29, 1.82) is 0 Å². The van der Waals surface area contributed by atoms with Gasteiger partial charge in [-0.05, 0) is 50.4 Å². The van der Waals surface area contributed by atoms with Crippen molar-refractivity contribution in [3.63, 3.8) is 0 Å². The van der Waals surface area contributed by atoms with Gasteiger partial charge in [0.1, 0.15) is 0 Å². The molecule has 0 aromatic heterocycles. The number of anilines is 1. The summed E-state index contributed by atoms with van der Waals surface area (Å²) >= 11 is 0. The van der Waals surface area contributed by atoms with Crippen molar-refractivity contribution in [3.8, 4) is 0 Å². The molecule has 1 unspecified atom stereocenters. The molecular weight excluding hydrogens is 224 g/mol. The summed E-state index contributed by atoms with van der Waals surface area (Å²) in [6.07, 6.45) is 2.90. The van der Waals surface area contributed by atoms with E-state index in [9.17, 15) is 4.79 Å². The van der Waals surface area contributed by atoms with Crippen LogP contribution in [-0.2, 0) is 4.79 Å². The van der Waals surface area contributed by atoms with E-state index in [1.807, 2.05) is 14.0 Å². The van der Waals surface area contributed by atoms with Gasteiger partial charge in [0.2, 0.25) is 5.91 Å². The Morgan fingerprint density at radius 2 is 2.22 bits per heavy atom. The molecule has 18 heavy (non-hydrogen) atoms. The number of nitrogens with zero attached hydrogens (tertiary/aromatic N) is 1. The molecule has 0 aliphatic carbocycles. The van der Waals surface area contributed by atoms with E-state index in [4.69, 9.17) is 0 Å². The molecule has 0 radical (unpaired) electrons. The summed E-state index contributed by atoms with van der Waals surface area (Å²) in [4.78, 5) is 14.0. The summed E-state index contributed by atoms with van der Waals surface area (Å²) < 4.78 is 0. The maximum Gasteiger partial charge on any atom is 0.228 e. The second-order valence-electron chi connectivity index (χ2n) is 5.24. The van der Waals surface area contributed by atoms with Crippen LogP contribution in [0.2, 0.25) is 0 Å². The maximum atomic E-state index is 12.2. The minimum atomic E-state index is 0.197. The van der Waals surface area contributed by atoms with Crippen molar-refractivity contribution in [3.05, 3.63) is 29.3 Å². The molecule has 1 aliphatic rings. The molecule has 1 aromatic rings. The Bertz CT molecular complexity index is 436. The summed E-state index contributed by atoms with van der Waals surface area (Å²) in [6.45, 7) is 5.15. The predicted octanol–water partition coefficient (Wildman–Crippen LogP) is 2.41. The Morgan fingerprint density at radius 3 is 2.89 bits per heavy atom. The lowest BCUT2D eigenvalue weighted by Crippen LogP contribution is -2.33. The van der Waals surface area contributed by atoms with E-state index in [0.29, 0.717) is 12.5 Å². The molecule has 3 heteroatoms. The van der Waals surface area contributed by atoms with E-state index in [0.717, 1.165) is 24.2 Å². The van der Waals surface area contributed by atoms with Gasteiger partial charge in [-0.1, -0.05) is 12.1 Å².